The van der Waals surface area contributed by atoms with E-state index in [1.54, 1.807) is 12.1 Å². The molecule has 4 nitrogen and oxygen atoms in total. The highest BCUT2D eigenvalue weighted by molar-refractivity contribution is 5.94. The second-order valence-corrected chi connectivity index (χ2v) is 9.35. The van der Waals surface area contributed by atoms with Gasteiger partial charge in [-0.05, 0) is 43.0 Å². The number of carbonyl (C=O) groups excluding carboxylic acids is 1. The van der Waals surface area contributed by atoms with E-state index in [1.165, 1.54) is 18.9 Å². The molecular formula is C27H37FN2O2. The highest BCUT2D eigenvalue weighted by Crippen LogP contribution is 2.28. The van der Waals surface area contributed by atoms with Gasteiger partial charge in [-0.3, -0.25) is 9.69 Å². The van der Waals surface area contributed by atoms with Crippen molar-refractivity contribution in [3.8, 4) is 5.75 Å². The number of amides is 1. The Morgan fingerprint density at radius 3 is 2.41 bits per heavy atom. The molecule has 1 aliphatic rings. The van der Waals surface area contributed by atoms with Crippen LogP contribution in [0, 0.1) is 11.7 Å². The van der Waals surface area contributed by atoms with Gasteiger partial charge in [0.05, 0.1) is 0 Å². The standard InChI is InChI=1S/C27H37FN2O2/c1-21(2)18-26(31)30-17-10-6-4-3-5-9-16-29(19-22-12-7-8-15-25(22)30)20-23-13-11-14-24(28)27(23)32/h7-8,11-15,21,32H,3-6,9-10,16-20H2,1-2H3. The van der Waals surface area contributed by atoms with E-state index >= 15 is 0 Å². The highest BCUT2D eigenvalue weighted by Gasteiger charge is 2.21. The molecule has 174 valence electrons. The SMILES string of the molecule is CC(C)CC(=O)N1CCCCCCCCN(Cc2cccc(F)c2O)Cc2ccccc21. The minimum absolute atomic E-state index is 0.177. The molecule has 5 heteroatoms. The van der Waals surface area contributed by atoms with Gasteiger partial charge < -0.3 is 10.0 Å². The maximum absolute atomic E-state index is 13.9. The zero-order chi connectivity index (χ0) is 22.9. The van der Waals surface area contributed by atoms with Crippen molar-refractivity contribution in [1.82, 2.24) is 4.90 Å². The number of para-hydroxylation sites is 2. The molecular weight excluding hydrogens is 403 g/mol. The van der Waals surface area contributed by atoms with E-state index in [4.69, 9.17) is 0 Å². The Bertz CT molecular complexity index is 884. The number of benzene rings is 2. The number of phenolic OH excluding ortho intramolecular Hbond substituents is 1. The maximum atomic E-state index is 13.9. The number of rotatable bonds is 4. The number of phenols is 1. The van der Waals surface area contributed by atoms with Crippen LogP contribution in [0.15, 0.2) is 42.5 Å². The van der Waals surface area contributed by atoms with Crippen molar-refractivity contribution in [2.45, 2.75) is 71.9 Å². The first-order valence-electron chi connectivity index (χ1n) is 12.0. The minimum atomic E-state index is -0.584. The lowest BCUT2D eigenvalue weighted by Gasteiger charge is -2.29. The predicted octanol–water partition coefficient (Wildman–Crippen LogP) is 6.27. The summed E-state index contributed by atoms with van der Waals surface area (Å²) in [6.45, 7) is 6.89. The minimum Gasteiger partial charge on any atom is -0.505 e. The van der Waals surface area contributed by atoms with Gasteiger partial charge in [0, 0.05) is 37.3 Å². The molecule has 0 saturated heterocycles. The van der Waals surface area contributed by atoms with Crippen molar-refractivity contribution in [2.75, 3.05) is 18.0 Å². The number of hydrogen-bond donors (Lipinski definition) is 1. The molecule has 2 aromatic carbocycles. The van der Waals surface area contributed by atoms with Crippen molar-refractivity contribution in [3.63, 3.8) is 0 Å². The lowest BCUT2D eigenvalue weighted by Crippen LogP contribution is -2.34. The molecule has 1 heterocycles. The molecule has 1 aliphatic heterocycles. The number of fused-ring (bicyclic) bond motifs is 1. The zero-order valence-corrected chi connectivity index (χ0v) is 19.5. The Hall–Kier alpha value is -2.40. The van der Waals surface area contributed by atoms with Crippen LogP contribution in [0.2, 0.25) is 0 Å². The molecule has 0 aromatic heterocycles. The molecule has 0 atom stereocenters. The highest BCUT2D eigenvalue weighted by atomic mass is 19.1. The lowest BCUT2D eigenvalue weighted by molar-refractivity contribution is -0.119. The third kappa shape index (κ3) is 6.80. The molecule has 0 saturated carbocycles. The number of hydrogen-bond acceptors (Lipinski definition) is 3. The van der Waals surface area contributed by atoms with Gasteiger partial charge in [0.25, 0.3) is 0 Å². The molecule has 3 rings (SSSR count). The van der Waals surface area contributed by atoms with Crippen LogP contribution >= 0.6 is 0 Å². The normalized spacial score (nSPS) is 16.7. The van der Waals surface area contributed by atoms with Crippen LogP contribution in [-0.2, 0) is 17.9 Å². The van der Waals surface area contributed by atoms with Gasteiger partial charge in [-0.15, -0.1) is 0 Å². The summed E-state index contributed by atoms with van der Waals surface area (Å²) in [5, 5.41) is 10.2. The summed E-state index contributed by atoms with van der Waals surface area (Å²) in [4.78, 5) is 17.4. The molecule has 0 aliphatic carbocycles. The molecule has 0 fully saturated rings. The maximum Gasteiger partial charge on any atom is 0.227 e. The molecule has 1 amide bonds. The molecule has 0 bridgehead atoms. The fourth-order valence-corrected chi connectivity index (χ4v) is 4.44. The van der Waals surface area contributed by atoms with E-state index in [0.29, 0.717) is 31.0 Å². The van der Waals surface area contributed by atoms with Crippen molar-refractivity contribution >= 4 is 11.6 Å². The summed E-state index contributed by atoms with van der Waals surface area (Å²) in [5.74, 6) is -0.361. The third-order valence-corrected chi connectivity index (χ3v) is 6.13. The van der Waals surface area contributed by atoms with Crippen LogP contribution in [0.4, 0.5) is 10.1 Å². The van der Waals surface area contributed by atoms with E-state index in [-0.39, 0.29) is 11.7 Å². The quantitative estimate of drug-likeness (QED) is 0.610. The van der Waals surface area contributed by atoms with E-state index < -0.39 is 5.82 Å². The molecule has 0 spiro atoms. The van der Waals surface area contributed by atoms with Gasteiger partial charge in [-0.25, -0.2) is 4.39 Å². The van der Waals surface area contributed by atoms with Gasteiger partial charge in [-0.1, -0.05) is 69.9 Å². The largest absolute Gasteiger partial charge is 0.505 e. The van der Waals surface area contributed by atoms with Crippen LogP contribution in [0.1, 0.15) is 69.9 Å². The molecule has 32 heavy (non-hydrogen) atoms. The Morgan fingerprint density at radius 1 is 0.969 bits per heavy atom. The van der Waals surface area contributed by atoms with Crippen LogP contribution in [0.3, 0.4) is 0 Å². The van der Waals surface area contributed by atoms with Crippen LogP contribution < -0.4 is 4.90 Å². The van der Waals surface area contributed by atoms with E-state index in [1.807, 2.05) is 23.1 Å². The van der Waals surface area contributed by atoms with Crippen molar-refractivity contribution < 1.29 is 14.3 Å². The van der Waals surface area contributed by atoms with E-state index in [2.05, 4.69) is 24.8 Å². The topological polar surface area (TPSA) is 43.8 Å². The van der Waals surface area contributed by atoms with Gasteiger partial charge in [0.2, 0.25) is 5.91 Å². The Labute approximate surface area is 192 Å². The Balaban J connectivity index is 1.91. The molecule has 0 radical (unpaired) electrons. The van der Waals surface area contributed by atoms with Crippen LogP contribution in [-0.4, -0.2) is 29.0 Å². The first-order chi connectivity index (χ1) is 15.5. The predicted molar refractivity (Wildman–Crippen MR) is 128 cm³/mol. The number of carbonyl (C=O) groups is 1. The third-order valence-electron chi connectivity index (χ3n) is 6.13. The van der Waals surface area contributed by atoms with Crippen molar-refractivity contribution in [1.29, 1.82) is 0 Å². The fourth-order valence-electron chi connectivity index (χ4n) is 4.44. The summed E-state index contributed by atoms with van der Waals surface area (Å²) in [6.07, 6.45) is 7.27. The number of halogens is 1. The van der Waals surface area contributed by atoms with Crippen molar-refractivity contribution in [3.05, 3.63) is 59.4 Å². The van der Waals surface area contributed by atoms with Gasteiger partial charge in [0.1, 0.15) is 0 Å². The van der Waals surface area contributed by atoms with Gasteiger partial charge >= 0.3 is 0 Å². The number of nitrogens with zero attached hydrogens (tertiary/aromatic N) is 2. The summed E-state index contributed by atoms with van der Waals surface area (Å²) >= 11 is 0. The lowest BCUT2D eigenvalue weighted by atomic mass is 10.1. The second-order valence-electron chi connectivity index (χ2n) is 9.35. The second kappa shape index (κ2) is 12.0. The fraction of sp³-hybridized carbons (Fsp3) is 0.519. The van der Waals surface area contributed by atoms with Gasteiger partial charge in [0.15, 0.2) is 11.6 Å². The average molecular weight is 441 g/mol. The van der Waals surface area contributed by atoms with Crippen LogP contribution in [0.5, 0.6) is 5.75 Å². The Morgan fingerprint density at radius 2 is 1.66 bits per heavy atom. The Kier molecular flexibility index (Phi) is 9.10. The molecule has 0 unspecified atom stereocenters. The summed E-state index contributed by atoms with van der Waals surface area (Å²) in [5.41, 5.74) is 2.67. The summed E-state index contributed by atoms with van der Waals surface area (Å²) in [6, 6.07) is 12.9. The van der Waals surface area contributed by atoms with Crippen molar-refractivity contribution in [2.24, 2.45) is 5.92 Å². The zero-order valence-electron chi connectivity index (χ0n) is 19.5. The summed E-state index contributed by atoms with van der Waals surface area (Å²) < 4.78 is 13.9. The average Bonchev–Trinajstić information content (AvgIpc) is 2.77. The van der Waals surface area contributed by atoms with E-state index in [9.17, 15) is 14.3 Å². The first-order valence-corrected chi connectivity index (χ1v) is 12.0. The first kappa shape index (κ1) is 24.2. The molecule has 1 N–H and O–H groups in total. The van der Waals surface area contributed by atoms with E-state index in [0.717, 1.165) is 50.0 Å². The summed E-state index contributed by atoms with van der Waals surface area (Å²) in [7, 11) is 0. The molecule has 2 aromatic rings. The van der Waals surface area contributed by atoms with Gasteiger partial charge in [-0.2, -0.15) is 0 Å². The smallest absolute Gasteiger partial charge is 0.227 e. The van der Waals surface area contributed by atoms with Crippen LogP contribution in [0.25, 0.3) is 0 Å². The monoisotopic (exact) mass is 440 g/mol. The number of aromatic hydroxyl groups is 1. The number of anilines is 1.